The maximum Gasteiger partial charge on any atom is 0.303 e. The number of rotatable bonds is 2. The molecule has 1 heterocycles. The van der Waals surface area contributed by atoms with Crippen LogP contribution in [0.4, 0.5) is 0 Å². The zero-order valence-electron chi connectivity index (χ0n) is 8.24. The Morgan fingerprint density at radius 1 is 1.60 bits per heavy atom. The fourth-order valence-corrected chi connectivity index (χ4v) is 1.19. The molecule has 0 aliphatic rings. The molecule has 0 bridgehead atoms. The van der Waals surface area contributed by atoms with Gasteiger partial charge in [0.2, 0.25) is 0 Å². The molecule has 0 radical (unpaired) electrons. The van der Waals surface area contributed by atoms with Crippen LogP contribution in [0.15, 0.2) is 0 Å². The third-order valence-corrected chi connectivity index (χ3v) is 2.06. The Morgan fingerprint density at radius 2 is 2.27 bits per heavy atom. The van der Waals surface area contributed by atoms with Crippen molar-refractivity contribution in [3.63, 3.8) is 0 Å². The lowest BCUT2D eigenvalue weighted by Crippen LogP contribution is -2.06. The molecule has 0 aromatic carbocycles. The molecule has 1 aromatic heterocycles. The zero-order chi connectivity index (χ0) is 11.4. The predicted octanol–water partition coefficient (Wildman–Crippen LogP) is 1.37. The maximum absolute atomic E-state index is 10.6. The fraction of sp³-hybridized carbons (Fsp3) is 0.333. The third kappa shape index (κ3) is 2.64. The summed E-state index contributed by atoms with van der Waals surface area (Å²) in [5.41, 5.74) is 1.28. The first-order valence-corrected chi connectivity index (χ1v) is 4.49. The van der Waals surface area contributed by atoms with Gasteiger partial charge in [0.25, 0.3) is 0 Å². The average Bonchev–Trinajstić information content (AvgIpc) is 2.17. The number of carbonyl (C=O) groups is 1. The molecule has 1 rings (SSSR count). The number of hydrogen-bond acceptors (Lipinski definition) is 5. The summed E-state index contributed by atoms with van der Waals surface area (Å²) in [6.07, 6.45) is 0. The SMILES string of the molecule is CC(=O)OCc1nnc(Cl)c(C#N)c1C. The minimum atomic E-state index is -0.412. The van der Waals surface area contributed by atoms with Crippen LogP contribution in [0.2, 0.25) is 5.15 Å². The van der Waals surface area contributed by atoms with Gasteiger partial charge in [-0.15, -0.1) is 5.10 Å². The van der Waals surface area contributed by atoms with E-state index in [2.05, 4.69) is 10.2 Å². The standard InChI is InChI=1S/C9H8ClN3O2/c1-5-7(3-11)9(10)13-12-8(5)4-15-6(2)14/h4H2,1-2H3. The van der Waals surface area contributed by atoms with Gasteiger partial charge in [0.05, 0.1) is 5.56 Å². The second-order valence-corrected chi connectivity index (χ2v) is 3.19. The van der Waals surface area contributed by atoms with Gasteiger partial charge in [-0.1, -0.05) is 11.6 Å². The smallest absolute Gasteiger partial charge is 0.303 e. The Morgan fingerprint density at radius 3 is 2.80 bits per heavy atom. The van der Waals surface area contributed by atoms with E-state index in [0.717, 1.165) is 0 Å². The van der Waals surface area contributed by atoms with Crippen molar-refractivity contribution < 1.29 is 9.53 Å². The molecule has 6 heteroatoms. The molecule has 78 valence electrons. The molecular weight excluding hydrogens is 218 g/mol. The van der Waals surface area contributed by atoms with E-state index in [1.807, 2.05) is 6.07 Å². The summed E-state index contributed by atoms with van der Waals surface area (Å²) in [7, 11) is 0. The first kappa shape index (κ1) is 11.4. The lowest BCUT2D eigenvalue weighted by molar-refractivity contribution is -0.142. The van der Waals surface area contributed by atoms with Gasteiger partial charge in [-0.2, -0.15) is 10.4 Å². The number of nitrogens with zero attached hydrogens (tertiary/aromatic N) is 3. The summed E-state index contributed by atoms with van der Waals surface area (Å²) in [5.74, 6) is -0.412. The minimum Gasteiger partial charge on any atom is -0.459 e. The van der Waals surface area contributed by atoms with Crippen LogP contribution in [-0.2, 0) is 16.1 Å². The molecule has 0 spiro atoms. The van der Waals surface area contributed by atoms with E-state index >= 15 is 0 Å². The Hall–Kier alpha value is -1.67. The summed E-state index contributed by atoms with van der Waals surface area (Å²) in [5, 5.41) is 16.2. The molecule has 0 unspecified atom stereocenters. The normalized spacial score (nSPS) is 9.47. The Balaban J connectivity index is 3.01. The highest BCUT2D eigenvalue weighted by molar-refractivity contribution is 6.30. The number of aromatic nitrogens is 2. The Bertz CT molecular complexity index is 440. The van der Waals surface area contributed by atoms with Crippen molar-refractivity contribution in [2.75, 3.05) is 0 Å². The summed E-state index contributed by atoms with van der Waals surface area (Å²) in [6, 6.07) is 1.92. The average molecular weight is 226 g/mol. The molecule has 0 atom stereocenters. The van der Waals surface area contributed by atoms with E-state index in [1.54, 1.807) is 6.92 Å². The van der Waals surface area contributed by atoms with Crippen LogP contribution < -0.4 is 0 Å². The van der Waals surface area contributed by atoms with Crippen LogP contribution in [0.3, 0.4) is 0 Å². The predicted molar refractivity (Wildman–Crippen MR) is 52.0 cm³/mol. The van der Waals surface area contributed by atoms with Crippen LogP contribution >= 0.6 is 11.6 Å². The maximum atomic E-state index is 10.6. The van der Waals surface area contributed by atoms with Crippen molar-refractivity contribution in [1.82, 2.24) is 10.2 Å². The molecule has 0 saturated carbocycles. The molecule has 15 heavy (non-hydrogen) atoms. The molecule has 0 amide bonds. The number of nitriles is 1. The van der Waals surface area contributed by atoms with E-state index in [0.29, 0.717) is 11.3 Å². The van der Waals surface area contributed by atoms with Crippen LogP contribution in [0.1, 0.15) is 23.7 Å². The van der Waals surface area contributed by atoms with Gasteiger partial charge in [0.15, 0.2) is 5.15 Å². The summed E-state index contributed by atoms with van der Waals surface area (Å²) in [4.78, 5) is 10.6. The van der Waals surface area contributed by atoms with E-state index in [-0.39, 0.29) is 17.3 Å². The van der Waals surface area contributed by atoms with Crippen LogP contribution in [0.25, 0.3) is 0 Å². The summed E-state index contributed by atoms with van der Waals surface area (Å²) < 4.78 is 4.75. The lowest BCUT2D eigenvalue weighted by Gasteiger charge is -2.05. The van der Waals surface area contributed by atoms with Crippen LogP contribution in [0, 0.1) is 18.3 Å². The number of ether oxygens (including phenoxy) is 1. The van der Waals surface area contributed by atoms with Crippen molar-refractivity contribution in [3.05, 3.63) is 22.0 Å². The van der Waals surface area contributed by atoms with Gasteiger partial charge < -0.3 is 4.74 Å². The highest BCUT2D eigenvalue weighted by Crippen LogP contribution is 2.17. The molecule has 0 fully saturated rings. The van der Waals surface area contributed by atoms with Crippen molar-refractivity contribution in [2.45, 2.75) is 20.5 Å². The molecule has 5 nitrogen and oxygen atoms in total. The van der Waals surface area contributed by atoms with Crippen molar-refractivity contribution in [1.29, 1.82) is 5.26 Å². The second kappa shape index (κ2) is 4.71. The largest absolute Gasteiger partial charge is 0.459 e. The number of esters is 1. The number of carbonyl (C=O) groups excluding carboxylic acids is 1. The van der Waals surface area contributed by atoms with Crippen LogP contribution in [0.5, 0.6) is 0 Å². The van der Waals surface area contributed by atoms with E-state index < -0.39 is 5.97 Å². The van der Waals surface area contributed by atoms with Gasteiger partial charge in [-0.05, 0) is 12.5 Å². The first-order valence-electron chi connectivity index (χ1n) is 4.11. The van der Waals surface area contributed by atoms with Gasteiger partial charge in [-0.3, -0.25) is 4.79 Å². The minimum absolute atomic E-state index is 0.0000154. The van der Waals surface area contributed by atoms with Crippen molar-refractivity contribution in [2.24, 2.45) is 0 Å². The third-order valence-electron chi connectivity index (χ3n) is 1.80. The van der Waals surface area contributed by atoms with Gasteiger partial charge >= 0.3 is 5.97 Å². The Labute approximate surface area is 91.6 Å². The molecular formula is C9H8ClN3O2. The van der Waals surface area contributed by atoms with E-state index in [4.69, 9.17) is 21.6 Å². The van der Waals surface area contributed by atoms with Crippen molar-refractivity contribution in [3.8, 4) is 6.07 Å². The monoisotopic (exact) mass is 225 g/mol. The lowest BCUT2D eigenvalue weighted by atomic mass is 10.1. The quantitative estimate of drug-likeness (QED) is 0.711. The Kier molecular flexibility index (Phi) is 3.58. The highest BCUT2D eigenvalue weighted by Gasteiger charge is 2.11. The number of halogens is 1. The molecule has 0 N–H and O–H groups in total. The van der Waals surface area contributed by atoms with Crippen LogP contribution in [-0.4, -0.2) is 16.2 Å². The summed E-state index contributed by atoms with van der Waals surface area (Å²) in [6.45, 7) is 2.97. The number of hydrogen-bond donors (Lipinski definition) is 0. The van der Waals surface area contributed by atoms with Gasteiger partial charge in [0, 0.05) is 6.92 Å². The summed E-state index contributed by atoms with van der Waals surface area (Å²) >= 11 is 5.66. The van der Waals surface area contributed by atoms with Crippen molar-refractivity contribution >= 4 is 17.6 Å². The molecule has 1 aromatic rings. The molecule has 0 aliphatic heterocycles. The molecule has 0 saturated heterocycles. The van der Waals surface area contributed by atoms with E-state index in [1.165, 1.54) is 6.92 Å². The topological polar surface area (TPSA) is 75.9 Å². The fourth-order valence-electron chi connectivity index (χ4n) is 0.965. The first-order chi connectivity index (χ1) is 7.06. The molecule has 0 aliphatic carbocycles. The zero-order valence-corrected chi connectivity index (χ0v) is 9.00. The van der Waals surface area contributed by atoms with Gasteiger partial charge in [0.1, 0.15) is 18.4 Å². The highest BCUT2D eigenvalue weighted by atomic mass is 35.5. The van der Waals surface area contributed by atoms with Gasteiger partial charge in [-0.25, -0.2) is 0 Å². The van der Waals surface area contributed by atoms with E-state index in [9.17, 15) is 4.79 Å². The second-order valence-electron chi connectivity index (χ2n) is 2.83.